The van der Waals surface area contributed by atoms with Gasteiger partial charge in [0.1, 0.15) is 6.10 Å². The maximum Gasteiger partial charge on any atom is 0.108 e. The Morgan fingerprint density at radius 1 is 1.06 bits per heavy atom. The van der Waals surface area contributed by atoms with E-state index in [9.17, 15) is 15.3 Å². The molecule has 0 amide bonds. The van der Waals surface area contributed by atoms with Crippen LogP contribution in [-0.2, 0) is 0 Å². The Morgan fingerprint density at radius 3 is 2.25 bits per heavy atom. The molecule has 0 aromatic rings. The van der Waals surface area contributed by atoms with Gasteiger partial charge in [-0.25, -0.2) is 0 Å². The smallest absolute Gasteiger partial charge is 0.108 e. The molecule has 0 aromatic heterocycles. The molecule has 1 aliphatic heterocycles. The molecule has 3 atom stereocenters. The van der Waals surface area contributed by atoms with E-state index < -0.39 is 18.3 Å². The van der Waals surface area contributed by atoms with Crippen molar-refractivity contribution in [2.24, 2.45) is 0 Å². The second-order valence-corrected chi connectivity index (χ2v) is 4.35. The fourth-order valence-electron chi connectivity index (χ4n) is 1.97. The van der Waals surface area contributed by atoms with Crippen molar-refractivity contribution in [3.63, 3.8) is 0 Å². The lowest BCUT2D eigenvalue weighted by molar-refractivity contribution is -0.109. The van der Waals surface area contributed by atoms with Crippen molar-refractivity contribution in [2.75, 3.05) is 19.6 Å². The molecule has 1 saturated heterocycles. The summed E-state index contributed by atoms with van der Waals surface area (Å²) in [6.45, 7) is 1.62. The summed E-state index contributed by atoms with van der Waals surface area (Å²) in [5.74, 6) is 0. The average Bonchev–Trinajstić information content (AvgIpc) is 2.25. The first kappa shape index (κ1) is 13.4. The second kappa shape index (κ2) is 6.81. The maximum absolute atomic E-state index is 9.46. The van der Waals surface area contributed by atoms with E-state index in [0.717, 1.165) is 25.8 Å². The zero-order chi connectivity index (χ0) is 12.0. The van der Waals surface area contributed by atoms with Gasteiger partial charge in [0.15, 0.2) is 0 Å². The Kier molecular flexibility index (Phi) is 5.71. The van der Waals surface area contributed by atoms with E-state index in [0.29, 0.717) is 19.5 Å². The van der Waals surface area contributed by atoms with Gasteiger partial charge >= 0.3 is 0 Å². The molecule has 0 aromatic carbocycles. The number of rotatable bonds is 5. The minimum Gasteiger partial charge on any atom is -0.389 e. The summed E-state index contributed by atoms with van der Waals surface area (Å²) >= 11 is 0. The van der Waals surface area contributed by atoms with Crippen LogP contribution in [0.3, 0.4) is 0 Å². The van der Waals surface area contributed by atoms with Gasteiger partial charge in [0.25, 0.3) is 0 Å². The first-order valence-electron chi connectivity index (χ1n) is 5.78. The third-order valence-corrected chi connectivity index (χ3v) is 2.94. The van der Waals surface area contributed by atoms with Gasteiger partial charge in [0.2, 0.25) is 0 Å². The molecule has 5 heteroatoms. The second-order valence-electron chi connectivity index (χ2n) is 4.35. The number of unbranched alkanes of at least 4 members (excludes halogenated alkanes) is 3. The van der Waals surface area contributed by atoms with E-state index in [4.69, 9.17) is 5.26 Å². The maximum atomic E-state index is 9.46. The summed E-state index contributed by atoms with van der Waals surface area (Å²) in [4.78, 5) is 1.95. The van der Waals surface area contributed by atoms with Crippen molar-refractivity contribution in [3.8, 4) is 6.07 Å². The van der Waals surface area contributed by atoms with Gasteiger partial charge < -0.3 is 15.3 Å². The number of β-amino-alcohol motifs (C(OH)–C–C–N with tert-alkyl or cyclic N) is 2. The van der Waals surface area contributed by atoms with Crippen LogP contribution in [0.5, 0.6) is 0 Å². The van der Waals surface area contributed by atoms with Crippen LogP contribution in [-0.4, -0.2) is 58.2 Å². The number of aliphatic hydroxyl groups excluding tert-OH is 3. The predicted octanol–water partition coefficient (Wildman–Crippen LogP) is -0.531. The zero-order valence-electron chi connectivity index (χ0n) is 9.42. The zero-order valence-corrected chi connectivity index (χ0v) is 9.42. The van der Waals surface area contributed by atoms with E-state index in [1.807, 2.05) is 4.90 Å². The molecule has 0 spiro atoms. The number of hydrogen-bond donors (Lipinski definition) is 3. The minimum absolute atomic E-state index is 0.413. The highest BCUT2D eigenvalue weighted by Gasteiger charge is 2.32. The van der Waals surface area contributed by atoms with Crippen LogP contribution in [0.2, 0.25) is 0 Å². The number of piperidine rings is 1. The molecular formula is C11H20N2O3. The molecular weight excluding hydrogens is 208 g/mol. The normalized spacial score (nSPS) is 31.2. The van der Waals surface area contributed by atoms with Crippen LogP contribution in [0.25, 0.3) is 0 Å². The molecule has 0 saturated carbocycles. The van der Waals surface area contributed by atoms with Gasteiger partial charge in [-0.2, -0.15) is 5.26 Å². The standard InChI is InChI=1S/C11H20N2O3/c12-5-3-1-2-4-6-13-7-9(14)11(16)10(15)8-13/h9-11,14-16H,1-4,6-8H2/t9-,10+,11+. The minimum atomic E-state index is -1.02. The fourth-order valence-corrected chi connectivity index (χ4v) is 1.97. The van der Waals surface area contributed by atoms with Gasteiger partial charge in [-0.05, 0) is 19.4 Å². The Bertz CT molecular complexity index is 230. The summed E-state index contributed by atoms with van der Waals surface area (Å²) in [6, 6.07) is 2.10. The van der Waals surface area contributed by atoms with Crippen LogP contribution in [0, 0.1) is 11.3 Å². The van der Waals surface area contributed by atoms with Gasteiger partial charge in [-0.15, -0.1) is 0 Å². The number of nitriles is 1. The Labute approximate surface area is 95.9 Å². The Morgan fingerprint density at radius 2 is 1.69 bits per heavy atom. The van der Waals surface area contributed by atoms with E-state index in [-0.39, 0.29) is 0 Å². The van der Waals surface area contributed by atoms with Crippen LogP contribution < -0.4 is 0 Å². The number of nitrogens with zero attached hydrogens (tertiary/aromatic N) is 2. The summed E-state index contributed by atoms with van der Waals surface area (Å²) in [5.41, 5.74) is 0. The monoisotopic (exact) mass is 228 g/mol. The molecule has 1 fully saturated rings. The molecule has 1 aliphatic rings. The highest BCUT2D eigenvalue weighted by molar-refractivity contribution is 4.86. The summed E-state index contributed by atoms with van der Waals surface area (Å²) < 4.78 is 0. The largest absolute Gasteiger partial charge is 0.389 e. The molecule has 3 N–H and O–H groups in total. The van der Waals surface area contributed by atoms with Gasteiger partial charge in [0, 0.05) is 19.5 Å². The van der Waals surface area contributed by atoms with Gasteiger partial charge in [-0.3, -0.25) is 4.90 Å². The molecule has 0 aliphatic carbocycles. The quantitative estimate of drug-likeness (QED) is 0.550. The Balaban J connectivity index is 2.16. The SMILES string of the molecule is N#CCCCCCN1C[C@@H](O)[C@H](O)[C@@H](O)C1. The first-order valence-corrected chi connectivity index (χ1v) is 5.78. The summed E-state index contributed by atoms with van der Waals surface area (Å²) in [5, 5.41) is 36.6. The van der Waals surface area contributed by atoms with Crippen molar-refractivity contribution < 1.29 is 15.3 Å². The van der Waals surface area contributed by atoms with Crippen LogP contribution >= 0.6 is 0 Å². The van der Waals surface area contributed by atoms with Crippen molar-refractivity contribution in [2.45, 2.75) is 44.0 Å². The van der Waals surface area contributed by atoms with E-state index in [2.05, 4.69) is 6.07 Å². The molecule has 0 bridgehead atoms. The van der Waals surface area contributed by atoms with Crippen LogP contribution in [0.4, 0.5) is 0 Å². The number of hydrogen-bond acceptors (Lipinski definition) is 5. The van der Waals surface area contributed by atoms with E-state index in [1.54, 1.807) is 0 Å². The van der Waals surface area contributed by atoms with E-state index >= 15 is 0 Å². The molecule has 1 heterocycles. The van der Waals surface area contributed by atoms with Crippen molar-refractivity contribution in [1.82, 2.24) is 4.90 Å². The highest BCUT2D eigenvalue weighted by Crippen LogP contribution is 2.13. The molecule has 92 valence electrons. The molecule has 0 unspecified atom stereocenters. The summed E-state index contributed by atoms with van der Waals surface area (Å²) in [7, 11) is 0. The molecule has 1 rings (SSSR count). The molecule has 5 nitrogen and oxygen atoms in total. The Hall–Kier alpha value is -0.670. The fraction of sp³-hybridized carbons (Fsp3) is 0.909. The number of aliphatic hydroxyl groups is 3. The lowest BCUT2D eigenvalue weighted by Crippen LogP contribution is -2.55. The predicted molar refractivity (Wildman–Crippen MR) is 58.5 cm³/mol. The van der Waals surface area contributed by atoms with Crippen molar-refractivity contribution in [3.05, 3.63) is 0 Å². The van der Waals surface area contributed by atoms with Crippen LogP contribution in [0.1, 0.15) is 25.7 Å². The van der Waals surface area contributed by atoms with Gasteiger partial charge in [0.05, 0.1) is 18.3 Å². The lowest BCUT2D eigenvalue weighted by Gasteiger charge is -2.36. The lowest BCUT2D eigenvalue weighted by atomic mass is 10.0. The van der Waals surface area contributed by atoms with Gasteiger partial charge in [-0.1, -0.05) is 6.42 Å². The average molecular weight is 228 g/mol. The summed E-state index contributed by atoms with van der Waals surface area (Å²) in [6.07, 6.45) is 0.693. The van der Waals surface area contributed by atoms with E-state index in [1.165, 1.54) is 0 Å². The number of likely N-dealkylation sites (tertiary alicyclic amines) is 1. The third-order valence-electron chi connectivity index (χ3n) is 2.94. The van der Waals surface area contributed by atoms with Crippen molar-refractivity contribution >= 4 is 0 Å². The topological polar surface area (TPSA) is 87.7 Å². The highest BCUT2D eigenvalue weighted by atomic mass is 16.4. The third kappa shape index (κ3) is 4.06. The molecule has 16 heavy (non-hydrogen) atoms. The first-order chi connectivity index (χ1) is 7.65. The van der Waals surface area contributed by atoms with Crippen LogP contribution in [0.15, 0.2) is 0 Å². The molecule has 0 radical (unpaired) electrons. The van der Waals surface area contributed by atoms with Crippen molar-refractivity contribution in [1.29, 1.82) is 5.26 Å².